The zero-order chi connectivity index (χ0) is 33.5. The predicted molar refractivity (Wildman–Crippen MR) is 192 cm³/mol. The van der Waals surface area contributed by atoms with Crippen molar-refractivity contribution in [2.45, 2.75) is 23.0 Å². The van der Waals surface area contributed by atoms with Gasteiger partial charge >= 0.3 is 5.97 Å². The van der Waals surface area contributed by atoms with E-state index in [4.69, 9.17) is 44.5 Å². The van der Waals surface area contributed by atoms with Crippen LogP contribution in [0.5, 0.6) is 0 Å². The molecule has 2 aliphatic carbocycles. The van der Waals surface area contributed by atoms with Crippen LogP contribution in [0.2, 0.25) is 15.1 Å². The van der Waals surface area contributed by atoms with E-state index in [1.807, 2.05) is 0 Å². The highest BCUT2D eigenvalue weighted by Crippen LogP contribution is 2.60. The number of alkyl halides is 2. The molecular formula is C34H22Br3Cl3N2O5. The van der Waals surface area contributed by atoms with Gasteiger partial charge in [0.15, 0.2) is 6.61 Å². The van der Waals surface area contributed by atoms with Crippen LogP contribution in [0.4, 0.5) is 5.69 Å². The van der Waals surface area contributed by atoms with E-state index in [0.717, 1.165) is 6.42 Å². The number of Topliss-reactive ketones (excluding diaryl/α,β-unsaturated/α-hetero) is 1. The second-order valence-corrected chi connectivity index (χ2v) is 16.1. The maximum absolute atomic E-state index is 13.5. The molecule has 1 saturated heterocycles. The van der Waals surface area contributed by atoms with Crippen LogP contribution in [0.15, 0.2) is 59.1 Å². The van der Waals surface area contributed by atoms with E-state index in [9.17, 15) is 19.2 Å². The van der Waals surface area contributed by atoms with Crippen LogP contribution in [0.3, 0.4) is 0 Å². The number of hydrogen-bond donors (Lipinski definition) is 0. The number of pyridine rings is 1. The Morgan fingerprint density at radius 3 is 2.17 bits per heavy atom. The molecule has 2 amide bonds. The van der Waals surface area contributed by atoms with Crippen molar-refractivity contribution in [3.05, 3.63) is 90.8 Å². The van der Waals surface area contributed by atoms with Crippen molar-refractivity contribution < 1.29 is 23.9 Å². The van der Waals surface area contributed by atoms with Crippen LogP contribution < -0.4 is 4.90 Å². The quantitative estimate of drug-likeness (QED) is 0.0830. The van der Waals surface area contributed by atoms with Crippen LogP contribution in [0.1, 0.15) is 32.7 Å². The number of carbonyl (C=O) groups is 4. The summed E-state index contributed by atoms with van der Waals surface area (Å²) in [4.78, 5) is 59.9. The van der Waals surface area contributed by atoms with Crippen LogP contribution in [0, 0.1) is 30.6 Å². The second kappa shape index (κ2) is 12.5. The highest BCUT2D eigenvalue weighted by atomic mass is 79.9. The van der Waals surface area contributed by atoms with Crippen molar-refractivity contribution in [2.75, 3.05) is 11.5 Å². The molecule has 1 aliphatic heterocycles. The molecule has 0 spiro atoms. The Morgan fingerprint density at radius 1 is 0.915 bits per heavy atom. The Labute approximate surface area is 309 Å². The minimum absolute atomic E-state index is 0.114. The number of halogens is 6. The molecule has 2 bridgehead atoms. The highest BCUT2D eigenvalue weighted by Gasteiger charge is 2.66. The number of aromatic nitrogens is 1. The fraction of sp³-hybridized carbons (Fsp3) is 0.265. The third-order valence-corrected chi connectivity index (χ3v) is 14.5. The van der Waals surface area contributed by atoms with E-state index in [-0.39, 0.29) is 61.3 Å². The molecule has 240 valence electrons. The number of esters is 1. The predicted octanol–water partition coefficient (Wildman–Crippen LogP) is 9.25. The van der Waals surface area contributed by atoms with E-state index in [0.29, 0.717) is 47.9 Å². The standard InChI is InChI=1S/C34H22Br3Cl3N2O5/c1-13-30(40)22(35)10-18-19(34(46)47-12-25(43)17-7-4-15(38)8-23(17)39)11-24(41-31(13)18)14-2-5-16(6-3-14)42-32(44)26-20-9-21(27(26)33(42)45)29(37)28(20)36/h2-8,10-11,20-21,26-29H,9,12H2,1H3. The number of carbonyl (C=O) groups excluding carboxylic acids is 4. The number of imide groups is 1. The van der Waals surface area contributed by atoms with E-state index >= 15 is 0 Å². The van der Waals surface area contributed by atoms with E-state index in [1.54, 1.807) is 43.3 Å². The molecule has 1 aromatic heterocycles. The number of nitrogens with zero attached hydrogens (tertiary/aromatic N) is 2. The molecule has 47 heavy (non-hydrogen) atoms. The first-order valence-electron chi connectivity index (χ1n) is 14.6. The Bertz CT molecular complexity index is 2010. The number of hydrogen-bond acceptors (Lipinski definition) is 6. The minimum atomic E-state index is -0.744. The monoisotopic (exact) mass is 880 g/mol. The molecule has 6 atom stereocenters. The Balaban J connectivity index is 1.20. The van der Waals surface area contributed by atoms with Gasteiger partial charge < -0.3 is 4.74 Å². The first kappa shape index (κ1) is 33.2. The SMILES string of the molecule is Cc1c(Cl)c(Br)cc2c(C(=O)OCC(=O)c3ccc(Cl)cc3Cl)cc(-c3ccc(N4C(=O)C5C6CC(C(Br)C6Br)C5C4=O)cc3)nc12. The van der Waals surface area contributed by atoms with Crippen molar-refractivity contribution in [1.82, 2.24) is 4.98 Å². The van der Waals surface area contributed by atoms with E-state index < -0.39 is 18.4 Å². The first-order valence-corrected chi connectivity index (χ1v) is 18.3. The fourth-order valence-corrected chi connectivity index (χ4v) is 10.2. The minimum Gasteiger partial charge on any atom is -0.454 e. The molecule has 0 radical (unpaired) electrons. The van der Waals surface area contributed by atoms with Gasteiger partial charge in [0, 0.05) is 35.7 Å². The number of ether oxygens (including phenoxy) is 1. The molecular weight excluding hydrogens is 862 g/mol. The smallest absolute Gasteiger partial charge is 0.339 e. The lowest BCUT2D eigenvalue weighted by molar-refractivity contribution is -0.123. The molecule has 0 N–H and O–H groups in total. The van der Waals surface area contributed by atoms with Gasteiger partial charge in [-0.15, -0.1) is 0 Å². The average Bonchev–Trinajstić information content (AvgIpc) is 3.66. The molecule has 2 saturated carbocycles. The van der Waals surface area contributed by atoms with Gasteiger partial charge in [-0.3, -0.25) is 19.3 Å². The van der Waals surface area contributed by atoms with Gasteiger partial charge in [-0.25, -0.2) is 9.78 Å². The third kappa shape index (κ3) is 5.47. The summed E-state index contributed by atoms with van der Waals surface area (Å²) in [6, 6.07) is 14.7. The van der Waals surface area contributed by atoms with Gasteiger partial charge in [0.25, 0.3) is 0 Å². The number of benzene rings is 3. The summed E-state index contributed by atoms with van der Waals surface area (Å²) in [7, 11) is 0. The average molecular weight is 885 g/mol. The molecule has 3 fully saturated rings. The van der Waals surface area contributed by atoms with Crippen molar-refractivity contribution in [1.29, 1.82) is 0 Å². The Kier molecular flexibility index (Phi) is 8.84. The maximum Gasteiger partial charge on any atom is 0.339 e. The van der Waals surface area contributed by atoms with Gasteiger partial charge in [0.1, 0.15) is 0 Å². The van der Waals surface area contributed by atoms with Gasteiger partial charge in [0.2, 0.25) is 17.6 Å². The number of amides is 2. The van der Waals surface area contributed by atoms with Gasteiger partial charge in [-0.05, 0) is 89.1 Å². The van der Waals surface area contributed by atoms with E-state index in [2.05, 4.69) is 47.8 Å². The Hall–Kier alpha value is -2.34. The second-order valence-electron chi connectivity index (χ2n) is 11.9. The number of anilines is 1. The number of ketones is 1. The van der Waals surface area contributed by atoms with E-state index in [1.165, 1.54) is 23.1 Å². The largest absolute Gasteiger partial charge is 0.454 e. The highest BCUT2D eigenvalue weighted by molar-refractivity contribution is 9.12. The van der Waals surface area contributed by atoms with Crippen molar-refractivity contribution in [3.8, 4) is 11.3 Å². The summed E-state index contributed by atoms with van der Waals surface area (Å²) in [6.45, 7) is 1.25. The molecule has 4 aromatic rings. The summed E-state index contributed by atoms with van der Waals surface area (Å²) in [6.07, 6.45) is 0.854. The summed E-state index contributed by atoms with van der Waals surface area (Å²) >= 11 is 29.6. The maximum atomic E-state index is 13.5. The molecule has 6 unspecified atom stereocenters. The van der Waals surface area contributed by atoms with Gasteiger partial charge in [-0.1, -0.05) is 78.8 Å². The van der Waals surface area contributed by atoms with Crippen LogP contribution in [-0.2, 0) is 14.3 Å². The summed E-state index contributed by atoms with van der Waals surface area (Å²) in [5.74, 6) is -1.98. The lowest BCUT2D eigenvalue weighted by atomic mass is 9.81. The number of fused-ring (bicyclic) bond motifs is 6. The lowest BCUT2D eigenvalue weighted by Crippen LogP contribution is -2.37. The normalized spacial score (nSPS) is 24.7. The van der Waals surface area contributed by atoms with Crippen LogP contribution in [0.25, 0.3) is 22.2 Å². The molecule has 7 rings (SSSR count). The summed E-state index contributed by atoms with van der Waals surface area (Å²) in [5, 5.41) is 1.44. The molecule has 13 heteroatoms. The zero-order valence-electron chi connectivity index (χ0n) is 24.3. The van der Waals surface area contributed by atoms with Gasteiger partial charge in [0.05, 0.1) is 44.3 Å². The van der Waals surface area contributed by atoms with Crippen LogP contribution in [-0.4, -0.2) is 44.8 Å². The first-order chi connectivity index (χ1) is 22.4. The molecule has 2 heterocycles. The number of aryl methyl sites for hydroxylation is 1. The van der Waals surface area contributed by atoms with Crippen molar-refractivity contribution in [2.24, 2.45) is 23.7 Å². The summed E-state index contributed by atoms with van der Waals surface area (Å²) in [5.41, 5.74) is 3.01. The molecule has 3 aliphatic rings. The van der Waals surface area contributed by atoms with Gasteiger partial charge in [-0.2, -0.15) is 0 Å². The zero-order valence-corrected chi connectivity index (χ0v) is 31.3. The third-order valence-electron chi connectivity index (χ3n) is 9.42. The van der Waals surface area contributed by atoms with Crippen LogP contribution >= 0.6 is 82.6 Å². The Morgan fingerprint density at radius 2 is 1.55 bits per heavy atom. The molecule has 7 nitrogen and oxygen atoms in total. The topological polar surface area (TPSA) is 93.6 Å². The fourth-order valence-electron chi connectivity index (χ4n) is 7.16. The van der Waals surface area contributed by atoms with Crippen molar-refractivity contribution >= 4 is 123 Å². The lowest BCUT2D eigenvalue weighted by Gasteiger charge is -2.28. The molecule has 3 aromatic carbocycles. The summed E-state index contributed by atoms with van der Waals surface area (Å²) < 4.78 is 6.04. The van der Waals surface area contributed by atoms with Crippen molar-refractivity contribution in [3.63, 3.8) is 0 Å². The number of rotatable bonds is 6.